The zero-order valence-electron chi connectivity index (χ0n) is 16.1. The van der Waals surface area contributed by atoms with Crippen LogP contribution < -0.4 is 0 Å². The van der Waals surface area contributed by atoms with Crippen molar-refractivity contribution in [3.05, 3.63) is 71.0 Å². The highest BCUT2D eigenvalue weighted by Crippen LogP contribution is 2.34. The van der Waals surface area contributed by atoms with Crippen LogP contribution in [0.5, 0.6) is 0 Å². The van der Waals surface area contributed by atoms with Crippen LogP contribution in [0.25, 0.3) is 17.1 Å². The van der Waals surface area contributed by atoms with E-state index >= 15 is 0 Å². The summed E-state index contributed by atoms with van der Waals surface area (Å²) in [6.45, 7) is 8.67. The first kappa shape index (κ1) is 18.4. The topological polar surface area (TPSA) is 65.4 Å². The molecule has 0 spiro atoms. The minimum absolute atomic E-state index is 0.324. The summed E-state index contributed by atoms with van der Waals surface area (Å²) in [5.41, 5.74) is 5.25. The standard InChI is InChI=1S/C23H22N4/c1-15(2)20-9-6-10-21(16(3)4)22(20)27-14-19(13-25)26-23(27)18-8-5-7-17(11-18)12-24/h5-11,14-16H,1-4H3. The second-order valence-corrected chi connectivity index (χ2v) is 7.22. The highest BCUT2D eigenvalue weighted by atomic mass is 15.1. The summed E-state index contributed by atoms with van der Waals surface area (Å²) in [5.74, 6) is 1.33. The Morgan fingerprint density at radius 3 is 2.07 bits per heavy atom. The molecule has 2 aromatic carbocycles. The van der Waals surface area contributed by atoms with Crippen molar-refractivity contribution in [2.45, 2.75) is 39.5 Å². The Hall–Kier alpha value is -3.37. The van der Waals surface area contributed by atoms with Gasteiger partial charge in [-0.1, -0.05) is 58.0 Å². The number of hydrogen-bond donors (Lipinski definition) is 0. The van der Waals surface area contributed by atoms with Gasteiger partial charge in [-0.25, -0.2) is 4.98 Å². The van der Waals surface area contributed by atoms with Crippen LogP contribution in [-0.4, -0.2) is 9.55 Å². The molecule has 134 valence electrons. The number of benzene rings is 2. The minimum Gasteiger partial charge on any atom is -0.298 e. The summed E-state index contributed by atoms with van der Waals surface area (Å²) in [6, 6.07) is 18.0. The van der Waals surface area contributed by atoms with Crippen LogP contribution in [0.2, 0.25) is 0 Å². The maximum absolute atomic E-state index is 9.45. The van der Waals surface area contributed by atoms with Crippen LogP contribution in [0.3, 0.4) is 0 Å². The van der Waals surface area contributed by atoms with Gasteiger partial charge in [-0.3, -0.25) is 4.57 Å². The Labute approximate surface area is 160 Å². The summed E-state index contributed by atoms with van der Waals surface area (Å²) in [4.78, 5) is 4.54. The number of rotatable bonds is 4. The van der Waals surface area contributed by atoms with Crippen molar-refractivity contribution < 1.29 is 0 Å². The van der Waals surface area contributed by atoms with E-state index in [9.17, 15) is 10.5 Å². The SMILES string of the molecule is CC(C)c1cccc(C(C)C)c1-n1cc(C#N)nc1-c1cccc(C#N)c1. The van der Waals surface area contributed by atoms with Crippen molar-refractivity contribution in [2.24, 2.45) is 0 Å². The highest BCUT2D eigenvalue weighted by molar-refractivity contribution is 5.65. The van der Waals surface area contributed by atoms with E-state index in [4.69, 9.17) is 0 Å². The van der Waals surface area contributed by atoms with E-state index in [1.807, 2.05) is 22.8 Å². The van der Waals surface area contributed by atoms with Gasteiger partial charge in [-0.15, -0.1) is 0 Å². The molecule has 4 heteroatoms. The fourth-order valence-corrected chi connectivity index (χ4v) is 3.33. The maximum Gasteiger partial charge on any atom is 0.159 e. The van der Waals surface area contributed by atoms with Crippen LogP contribution in [0, 0.1) is 22.7 Å². The summed E-state index contributed by atoms with van der Waals surface area (Å²) in [7, 11) is 0. The van der Waals surface area contributed by atoms with E-state index in [1.54, 1.807) is 12.3 Å². The number of hydrogen-bond acceptors (Lipinski definition) is 3. The van der Waals surface area contributed by atoms with Crippen LogP contribution in [-0.2, 0) is 0 Å². The van der Waals surface area contributed by atoms with Crippen molar-refractivity contribution in [1.29, 1.82) is 10.5 Å². The minimum atomic E-state index is 0.324. The lowest BCUT2D eigenvalue weighted by Crippen LogP contribution is -2.07. The molecular formula is C23H22N4. The highest BCUT2D eigenvalue weighted by Gasteiger charge is 2.20. The van der Waals surface area contributed by atoms with Crippen LogP contribution in [0.4, 0.5) is 0 Å². The van der Waals surface area contributed by atoms with Crippen LogP contribution in [0.15, 0.2) is 48.7 Å². The molecule has 1 heterocycles. The fraction of sp³-hybridized carbons (Fsp3) is 0.261. The van der Waals surface area contributed by atoms with Gasteiger partial charge in [-0.05, 0) is 35.1 Å². The number of imidazole rings is 1. The Morgan fingerprint density at radius 1 is 0.889 bits per heavy atom. The third-order valence-electron chi connectivity index (χ3n) is 4.65. The van der Waals surface area contributed by atoms with Crippen molar-refractivity contribution >= 4 is 0 Å². The van der Waals surface area contributed by atoms with Gasteiger partial charge >= 0.3 is 0 Å². The number of para-hydroxylation sites is 1. The van der Waals surface area contributed by atoms with Gasteiger partial charge in [0.15, 0.2) is 5.69 Å². The molecule has 3 aromatic rings. The van der Waals surface area contributed by atoms with E-state index in [0.29, 0.717) is 28.9 Å². The molecule has 0 atom stereocenters. The predicted octanol–water partition coefficient (Wildman–Crippen LogP) is 5.53. The number of nitrogens with zero attached hydrogens (tertiary/aromatic N) is 4. The van der Waals surface area contributed by atoms with Gasteiger partial charge in [0.05, 0.1) is 17.3 Å². The van der Waals surface area contributed by atoms with Crippen molar-refractivity contribution in [2.75, 3.05) is 0 Å². The molecule has 0 amide bonds. The fourth-order valence-electron chi connectivity index (χ4n) is 3.33. The molecule has 0 aliphatic heterocycles. The first-order valence-electron chi connectivity index (χ1n) is 9.09. The van der Waals surface area contributed by atoms with Crippen molar-refractivity contribution in [3.63, 3.8) is 0 Å². The van der Waals surface area contributed by atoms with Gasteiger partial charge in [0, 0.05) is 11.8 Å². The molecule has 0 bridgehead atoms. The number of aromatic nitrogens is 2. The molecule has 0 aliphatic rings. The molecule has 0 saturated heterocycles. The molecule has 27 heavy (non-hydrogen) atoms. The van der Waals surface area contributed by atoms with Crippen LogP contribution >= 0.6 is 0 Å². The maximum atomic E-state index is 9.45. The van der Waals surface area contributed by atoms with Gasteiger partial charge in [0.1, 0.15) is 11.9 Å². The third-order valence-corrected chi connectivity index (χ3v) is 4.65. The second-order valence-electron chi connectivity index (χ2n) is 7.22. The zero-order valence-corrected chi connectivity index (χ0v) is 16.1. The van der Waals surface area contributed by atoms with Crippen molar-refractivity contribution in [1.82, 2.24) is 9.55 Å². The smallest absolute Gasteiger partial charge is 0.159 e. The van der Waals surface area contributed by atoms with Gasteiger partial charge in [-0.2, -0.15) is 10.5 Å². The molecule has 0 radical (unpaired) electrons. The van der Waals surface area contributed by atoms with Gasteiger partial charge in [0.2, 0.25) is 0 Å². The normalized spacial score (nSPS) is 10.8. The van der Waals surface area contributed by atoms with Crippen molar-refractivity contribution in [3.8, 4) is 29.2 Å². The Morgan fingerprint density at radius 2 is 1.52 bits per heavy atom. The molecule has 0 aliphatic carbocycles. The predicted molar refractivity (Wildman–Crippen MR) is 107 cm³/mol. The lowest BCUT2D eigenvalue weighted by molar-refractivity contribution is 0.806. The molecular weight excluding hydrogens is 332 g/mol. The largest absolute Gasteiger partial charge is 0.298 e. The lowest BCUT2D eigenvalue weighted by Gasteiger charge is -2.21. The molecule has 1 aromatic heterocycles. The Kier molecular flexibility index (Phi) is 5.10. The first-order valence-corrected chi connectivity index (χ1v) is 9.09. The van der Waals surface area contributed by atoms with E-state index in [-0.39, 0.29) is 0 Å². The molecule has 0 N–H and O–H groups in total. The summed E-state index contributed by atoms with van der Waals surface area (Å²) >= 11 is 0. The molecule has 0 saturated carbocycles. The Balaban J connectivity index is 2.35. The molecule has 0 fully saturated rings. The summed E-state index contributed by atoms with van der Waals surface area (Å²) in [5, 5.41) is 18.7. The van der Waals surface area contributed by atoms with Gasteiger partial charge < -0.3 is 0 Å². The van der Waals surface area contributed by atoms with Gasteiger partial charge in [0.25, 0.3) is 0 Å². The average molecular weight is 354 g/mol. The monoisotopic (exact) mass is 354 g/mol. The summed E-state index contributed by atoms with van der Waals surface area (Å²) in [6.07, 6.45) is 1.79. The zero-order chi connectivity index (χ0) is 19.6. The van der Waals surface area contributed by atoms with Crippen LogP contribution in [0.1, 0.15) is 61.9 Å². The average Bonchev–Trinajstić information content (AvgIpc) is 3.11. The third kappa shape index (κ3) is 3.48. The lowest BCUT2D eigenvalue weighted by atomic mass is 9.92. The summed E-state index contributed by atoms with van der Waals surface area (Å²) < 4.78 is 2.01. The first-order chi connectivity index (χ1) is 13.0. The Bertz CT molecular complexity index is 1030. The molecule has 4 nitrogen and oxygen atoms in total. The van der Waals surface area contributed by atoms with E-state index in [1.165, 1.54) is 11.1 Å². The van der Waals surface area contributed by atoms with E-state index in [2.05, 4.69) is 63.0 Å². The second kappa shape index (κ2) is 7.48. The molecule has 3 rings (SSSR count). The van der Waals surface area contributed by atoms with E-state index in [0.717, 1.165) is 11.3 Å². The van der Waals surface area contributed by atoms with E-state index < -0.39 is 0 Å². The quantitative estimate of drug-likeness (QED) is 0.619. The molecule has 0 unspecified atom stereocenters. The number of nitriles is 2.